The normalized spacial score (nSPS) is 26.3. The first-order chi connectivity index (χ1) is 51.8. The molecule has 3 heterocycles. The van der Waals surface area contributed by atoms with E-state index in [1.165, 1.54) is 148 Å². The van der Waals surface area contributed by atoms with E-state index in [0.29, 0.717) is 6.42 Å². The van der Waals surface area contributed by atoms with Gasteiger partial charge in [-0.05, 0) is 89.9 Å². The maximum absolute atomic E-state index is 13.5. The van der Waals surface area contributed by atoms with Crippen LogP contribution < -0.4 is 5.32 Å². The molecular weight excluding hydrogens is 1350 g/mol. The van der Waals surface area contributed by atoms with Crippen molar-refractivity contribution in [1.29, 1.82) is 0 Å². The molecule has 0 aromatic carbocycles. The molecule has 3 aliphatic heterocycles. The van der Waals surface area contributed by atoms with Crippen LogP contribution in [-0.4, -0.2) is 193 Å². The van der Waals surface area contributed by atoms with E-state index in [4.69, 9.17) is 28.4 Å². The molecule has 3 rings (SSSR count). The molecule has 19 heteroatoms. The number of unbranched alkanes of at least 4 members (excludes halogenated alkanes) is 31. The van der Waals surface area contributed by atoms with Gasteiger partial charge in [0.05, 0.1) is 38.6 Å². The van der Waals surface area contributed by atoms with E-state index >= 15 is 0 Å². The summed E-state index contributed by atoms with van der Waals surface area (Å²) >= 11 is 0. The number of hydrogen-bond donors (Lipinski definition) is 12. The van der Waals surface area contributed by atoms with Crippen LogP contribution >= 0.6 is 0 Å². The number of allylic oxidation sites excluding steroid dienone is 19. The van der Waals surface area contributed by atoms with Crippen LogP contribution in [0.3, 0.4) is 0 Å². The Morgan fingerprint density at radius 3 is 1.02 bits per heavy atom. The molecule has 0 spiro atoms. The number of carbonyl (C=O) groups is 1. The lowest BCUT2D eigenvalue weighted by Gasteiger charge is -2.48. The van der Waals surface area contributed by atoms with Gasteiger partial charge in [0.15, 0.2) is 18.9 Å². The Morgan fingerprint density at radius 1 is 0.349 bits per heavy atom. The van der Waals surface area contributed by atoms with E-state index in [9.17, 15) is 61.0 Å². The zero-order valence-corrected chi connectivity index (χ0v) is 65.4. The van der Waals surface area contributed by atoms with E-state index in [0.717, 1.165) is 116 Å². The second-order valence-corrected chi connectivity index (χ2v) is 29.2. The molecule has 19 nitrogen and oxygen atoms in total. The SMILES string of the molecule is CC/C=C\C/C=C\C/C=C\C/C=C\C/C=C\C/C=C\C/C=C\C/C=C\C/C=C\CCCCCCCCCCCCCC(=O)NC(COC1OC(CO)C(OC2OC(CO)C(OC3OC(CO)C(O)C(O)C3O)C(O)C2O)C(O)C1O)C(O)/C=C/CCCCCCCCCCCCCCCCCCCCCC. The molecule has 106 heavy (non-hydrogen) atoms. The maximum Gasteiger partial charge on any atom is 0.220 e. The molecule has 0 bridgehead atoms. The smallest absolute Gasteiger partial charge is 0.220 e. The first kappa shape index (κ1) is 96.4. The first-order valence-electron chi connectivity index (χ1n) is 41.8. The van der Waals surface area contributed by atoms with Crippen LogP contribution in [0.2, 0.25) is 0 Å². The Kier molecular flexibility index (Phi) is 59.9. The van der Waals surface area contributed by atoms with E-state index in [-0.39, 0.29) is 18.9 Å². The van der Waals surface area contributed by atoms with Crippen molar-refractivity contribution in [3.8, 4) is 0 Å². The Balaban J connectivity index is 1.35. The van der Waals surface area contributed by atoms with E-state index in [1.54, 1.807) is 6.08 Å². The average molecular weight is 1500 g/mol. The highest BCUT2D eigenvalue weighted by Crippen LogP contribution is 2.33. The van der Waals surface area contributed by atoms with Gasteiger partial charge in [0.2, 0.25) is 5.91 Å². The minimum Gasteiger partial charge on any atom is -0.394 e. The van der Waals surface area contributed by atoms with Gasteiger partial charge in [-0.2, -0.15) is 0 Å². The fraction of sp³-hybridized carbons (Fsp3) is 0.759. The van der Waals surface area contributed by atoms with Crippen molar-refractivity contribution < 1.29 is 89.4 Å². The summed E-state index contributed by atoms with van der Waals surface area (Å²) in [6, 6.07) is -0.984. The van der Waals surface area contributed by atoms with Gasteiger partial charge in [-0.15, -0.1) is 0 Å². The summed E-state index contributed by atoms with van der Waals surface area (Å²) in [5, 5.41) is 121. The van der Waals surface area contributed by atoms with Crippen molar-refractivity contribution in [2.24, 2.45) is 0 Å². The topological polar surface area (TPSA) is 307 Å². The second kappa shape index (κ2) is 65.9. The Labute approximate surface area is 639 Å². The monoisotopic (exact) mass is 1500 g/mol. The number of rotatable bonds is 65. The Bertz CT molecular complexity index is 2390. The van der Waals surface area contributed by atoms with Crippen molar-refractivity contribution in [3.05, 3.63) is 122 Å². The molecule has 0 saturated carbocycles. The summed E-state index contributed by atoms with van der Waals surface area (Å²) in [7, 11) is 0. The lowest BCUT2D eigenvalue weighted by molar-refractivity contribution is -0.379. The van der Waals surface area contributed by atoms with Gasteiger partial charge in [-0.3, -0.25) is 4.79 Å². The van der Waals surface area contributed by atoms with Crippen molar-refractivity contribution in [3.63, 3.8) is 0 Å². The fourth-order valence-electron chi connectivity index (χ4n) is 13.4. The third-order valence-electron chi connectivity index (χ3n) is 20.0. The number of ether oxygens (including phenoxy) is 6. The van der Waals surface area contributed by atoms with Gasteiger partial charge >= 0.3 is 0 Å². The highest BCUT2D eigenvalue weighted by molar-refractivity contribution is 5.76. The van der Waals surface area contributed by atoms with Crippen LogP contribution in [0.1, 0.15) is 290 Å². The summed E-state index contributed by atoms with van der Waals surface area (Å²) in [6.07, 6.45) is 66.0. The van der Waals surface area contributed by atoms with Crippen LogP contribution in [0.25, 0.3) is 0 Å². The third kappa shape index (κ3) is 44.9. The second-order valence-electron chi connectivity index (χ2n) is 29.2. The van der Waals surface area contributed by atoms with Crippen molar-refractivity contribution in [2.75, 3.05) is 26.4 Å². The zero-order chi connectivity index (χ0) is 76.7. The molecule has 17 unspecified atom stereocenters. The largest absolute Gasteiger partial charge is 0.394 e. The van der Waals surface area contributed by atoms with Crippen LogP contribution in [0.4, 0.5) is 0 Å². The number of amides is 1. The average Bonchev–Trinajstić information content (AvgIpc) is 0.780. The molecule has 0 aromatic rings. The molecule has 3 aliphatic rings. The van der Waals surface area contributed by atoms with Crippen LogP contribution in [-0.2, 0) is 33.2 Å². The molecule has 610 valence electrons. The Hall–Kier alpha value is -3.81. The lowest BCUT2D eigenvalue weighted by atomic mass is 9.96. The van der Waals surface area contributed by atoms with Crippen molar-refractivity contribution in [2.45, 2.75) is 394 Å². The lowest BCUT2D eigenvalue weighted by Crippen LogP contribution is -2.66. The molecule has 3 fully saturated rings. The molecule has 0 radical (unpaired) electrons. The summed E-state index contributed by atoms with van der Waals surface area (Å²) in [4.78, 5) is 13.5. The number of aliphatic hydroxyl groups excluding tert-OH is 11. The van der Waals surface area contributed by atoms with Crippen LogP contribution in [0, 0.1) is 0 Å². The predicted octanol–water partition coefficient (Wildman–Crippen LogP) is 14.7. The molecule has 17 atom stereocenters. The molecule has 12 N–H and O–H groups in total. The minimum absolute atomic E-state index is 0.233. The van der Waals surface area contributed by atoms with Gasteiger partial charge in [0, 0.05) is 6.42 Å². The van der Waals surface area contributed by atoms with Gasteiger partial charge < -0.3 is 89.9 Å². The summed E-state index contributed by atoms with van der Waals surface area (Å²) in [6.45, 7) is 1.64. The molecule has 3 saturated heterocycles. The van der Waals surface area contributed by atoms with Gasteiger partial charge in [0.25, 0.3) is 0 Å². The maximum atomic E-state index is 13.5. The molecule has 0 aliphatic carbocycles. The fourth-order valence-corrected chi connectivity index (χ4v) is 13.4. The third-order valence-corrected chi connectivity index (χ3v) is 20.0. The van der Waals surface area contributed by atoms with Gasteiger partial charge in [0.1, 0.15) is 73.2 Å². The quantitative estimate of drug-likeness (QED) is 0.0199. The highest BCUT2D eigenvalue weighted by atomic mass is 16.8. The standard InChI is InChI=1S/C87H149NO18/c1-3-5-7-9-11-13-15-17-19-21-23-25-27-28-29-30-31-32-33-34-35-36-37-38-39-40-41-42-43-45-47-49-51-53-55-57-59-61-63-65-75(93)88-70(71(92)64-62-60-58-56-54-52-50-48-46-44-26-24-22-20-18-16-14-12-10-8-6-4-2)69-101-85-81(99)78(96)83(73(67-90)103-85)106-87-82(100)79(97)84(74(68-91)104-87)105-86-80(98)77(95)76(94)72(66-89)102-86/h5,7,11,13,17,19,23,25,28-29,31-32,34-35,37-38,40-41,62,64,70-74,76-87,89-92,94-100H,3-4,6,8-10,12,14-16,18,20-22,24,26-27,30,33,36,39,42-61,63,65-69H2,1-2H3,(H,88,93)/b7-5-,13-11-,19-17-,25-23-,29-28-,32-31-,35-34-,38-37-,41-40-,64-62+. The zero-order valence-electron chi connectivity index (χ0n) is 65.4. The first-order valence-corrected chi connectivity index (χ1v) is 41.8. The highest BCUT2D eigenvalue weighted by Gasteiger charge is 2.54. The van der Waals surface area contributed by atoms with E-state index in [1.807, 2.05) is 6.08 Å². The van der Waals surface area contributed by atoms with Crippen molar-refractivity contribution in [1.82, 2.24) is 5.32 Å². The van der Waals surface area contributed by atoms with E-state index < -0.39 is 124 Å². The number of carbonyl (C=O) groups excluding carboxylic acids is 1. The molecular formula is C87H149NO18. The van der Waals surface area contributed by atoms with Crippen LogP contribution in [0.15, 0.2) is 122 Å². The summed E-state index contributed by atoms with van der Waals surface area (Å²) < 4.78 is 34.5. The van der Waals surface area contributed by atoms with Crippen LogP contribution in [0.5, 0.6) is 0 Å². The predicted molar refractivity (Wildman–Crippen MR) is 424 cm³/mol. The number of nitrogens with one attached hydrogen (secondary N) is 1. The Morgan fingerprint density at radius 2 is 0.651 bits per heavy atom. The number of aliphatic hydroxyl groups is 11. The summed E-state index contributed by atoms with van der Waals surface area (Å²) in [5.41, 5.74) is 0. The molecule has 1 amide bonds. The van der Waals surface area contributed by atoms with E-state index in [2.05, 4.69) is 129 Å². The van der Waals surface area contributed by atoms with Crippen molar-refractivity contribution >= 4 is 5.91 Å². The molecule has 0 aromatic heterocycles. The van der Waals surface area contributed by atoms with Gasteiger partial charge in [-0.25, -0.2) is 0 Å². The number of hydrogen-bond acceptors (Lipinski definition) is 18. The summed E-state index contributed by atoms with van der Waals surface area (Å²) in [5.74, 6) is -0.281. The van der Waals surface area contributed by atoms with Gasteiger partial charge in [-0.1, -0.05) is 315 Å². The minimum atomic E-state index is -1.98.